The van der Waals surface area contributed by atoms with Crippen LogP contribution in [0.1, 0.15) is 38.1 Å². The number of primary amides is 1. The summed E-state index contributed by atoms with van der Waals surface area (Å²) in [6.07, 6.45) is -85.3. The quantitative estimate of drug-likeness (QED) is 0.0297. The van der Waals surface area contributed by atoms with Crippen LogP contribution in [-0.2, 0) is 95.0 Å². The first-order valence-electron chi connectivity index (χ1n) is 38.4. The molecule has 8 saturated heterocycles. The summed E-state index contributed by atoms with van der Waals surface area (Å²) in [5.74, 6) is -4.59. The molecule has 8 heterocycles. The van der Waals surface area contributed by atoms with Gasteiger partial charge < -0.3 is 236 Å². The highest BCUT2D eigenvalue weighted by molar-refractivity contribution is 5.98. The molecule has 52 nitrogen and oxygen atoms in total. The number of hydrogen-bond donors (Lipinski definition) is 31. The molecule has 0 spiro atoms. The van der Waals surface area contributed by atoms with Gasteiger partial charge in [0, 0.05) is 39.9 Å². The number of nitrogens with two attached hydrogens (primary N) is 1. The van der Waals surface area contributed by atoms with E-state index in [0.29, 0.717) is 0 Å². The molecule has 8 fully saturated rings. The molecule has 32 N–H and O–H groups in total. The minimum absolute atomic E-state index is 0.0426. The maximum atomic E-state index is 13.2. The second-order valence-corrected chi connectivity index (χ2v) is 30.0. The van der Waals surface area contributed by atoms with Crippen LogP contribution in [0.15, 0.2) is 24.3 Å². The van der Waals surface area contributed by atoms with Gasteiger partial charge in [-0.25, -0.2) is 0 Å². The van der Waals surface area contributed by atoms with Gasteiger partial charge in [0.05, 0.1) is 71.1 Å². The highest BCUT2D eigenvalue weighted by atomic mass is 16.8. The van der Waals surface area contributed by atoms with Crippen LogP contribution in [0.3, 0.4) is 0 Å². The molecule has 0 bridgehead atoms. The lowest BCUT2D eigenvalue weighted by molar-refractivity contribution is -0.398. The largest absolute Gasteiger partial charge is 0.394 e. The Morgan fingerprint density at radius 1 is 0.372 bits per heavy atom. The molecule has 9 rings (SSSR count). The van der Waals surface area contributed by atoms with E-state index in [1.807, 2.05) is 0 Å². The molecule has 0 saturated carbocycles. The number of para-hydroxylation sites is 1. The fourth-order valence-corrected chi connectivity index (χ4v) is 15.1. The van der Waals surface area contributed by atoms with Gasteiger partial charge in [-0.15, -0.1) is 0 Å². The monoisotopic (exact) mass is 1760 g/mol. The third-order valence-corrected chi connectivity index (χ3v) is 21.5. The van der Waals surface area contributed by atoms with E-state index < -0.39 is 365 Å². The second-order valence-electron chi connectivity index (χ2n) is 30.0. The standard InChI is InChI=1S/C69H112N6O46/c1-19(84)72-25(9-71-24-8-6-5-7-23(24)61(70)105)38(89)54(26(88)10-76)115-62-35(73-20(2)85)44(95)57(33(17-83)111-62)118-67-53(104)58(119-69-60(50(101)42(93)30(14-80)110-69)121-64-37(75-22(4)87)46(97)56(32(16-82)113-64)117-66-52(103)48(99)40(91)28(12-78)108-66)43(94)34(114-67)18-106-68-59(49(100)41(92)29(13-79)109-68)120-63-36(74-21(3)86)45(96)55(31(15-81)112-63)116-65-51(102)47(98)39(90)27(11-77)107-65/h5-8,25-60,62-69,71,76-83,88-104H,9-18H2,1-4H3,(H2,70,105)(H,72,84)(H,73,85)(H,74,86)(H,75,87). The van der Waals surface area contributed by atoms with Crippen molar-refractivity contribution in [2.45, 2.75) is 298 Å². The van der Waals surface area contributed by atoms with Gasteiger partial charge in [0.15, 0.2) is 50.3 Å². The molecule has 8 aliphatic heterocycles. The lowest BCUT2D eigenvalue weighted by atomic mass is 9.94. The first-order chi connectivity index (χ1) is 57.3. The smallest absolute Gasteiger partial charge is 0.250 e. The van der Waals surface area contributed by atoms with Gasteiger partial charge in [0.25, 0.3) is 5.91 Å². The van der Waals surface area contributed by atoms with Crippen LogP contribution in [0.25, 0.3) is 0 Å². The van der Waals surface area contributed by atoms with Crippen LogP contribution in [0.5, 0.6) is 0 Å². The number of rotatable bonds is 36. The van der Waals surface area contributed by atoms with Gasteiger partial charge in [-0.3, -0.25) is 24.0 Å². The number of ether oxygens (including phenoxy) is 16. The summed E-state index contributed by atoms with van der Waals surface area (Å²) in [7, 11) is 0. The molecule has 5 amide bonds. The summed E-state index contributed by atoms with van der Waals surface area (Å²) in [6, 6.07) is -1.71. The highest BCUT2D eigenvalue weighted by Crippen LogP contribution is 2.40. The first-order valence-corrected chi connectivity index (χ1v) is 38.4. The normalized spacial score (nSPS) is 43.3. The van der Waals surface area contributed by atoms with Crippen molar-refractivity contribution in [2.75, 3.05) is 71.3 Å². The van der Waals surface area contributed by atoms with Crippen LogP contribution in [0, 0.1) is 0 Å². The number of aliphatic hydroxyl groups excluding tert-OH is 25. The minimum atomic E-state index is -2.62. The molecule has 1 aromatic carbocycles. The minimum Gasteiger partial charge on any atom is -0.394 e. The maximum absolute atomic E-state index is 13.2. The number of anilines is 1. The van der Waals surface area contributed by atoms with Crippen LogP contribution in [0.2, 0.25) is 0 Å². The molecule has 0 aliphatic carbocycles. The zero-order valence-corrected chi connectivity index (χ0v) is 65.1. The predicted molar refractivity (Wildman–Crippen MR) is 382 cm³/mol. The average molecular weight is 1760 g/mol. The number of nitrogens with one attached hydrogen (secondary N) is 5. The summed E-state index contributed by atoms with van der Waals surface area (Å²) < 4.78 is 95.6. The van der Waals surface area contributed by atoms with Crippen molar-refractivity contribution < 1.29 is 227 Å². The molecule has 52 heteroatoms. The van der Waals surface area contributed by atoms with E-state index in [-0.39, 0.29) is 11.3 Å². The number of carbonyl (C=O) groups excluding carboxylic acids is 5. The Labute approximate surface area is 686 Å². The van der Waals surface area contributed by atoms with Crippen molar-refractivity contribution in [1.82, 2.24) is 21.3 Å². The maximum Gasteiger partial charge on any atom is 0.250 e. The van der Waals surface area contributed by atoms with Crippen LogP contribution < -0.4 is 32.3 Å². The topological polar surface area (TPSA) is 825 Å². The number of carbonyl (C=O) groups is 5. The Morgan fingerprint density at radius 3 is 1.12 bits per heavy atom. The highest BCUT2D eigenvalue weighted by Gasteiger charge is 2.61. The first kappa shape index (κ1) is 99.5. The van der Waals surface area contributed by atoms with E-state index in [1.165, 1.54) is 24.3 Å². The van der Waals surface area contributed by atoms with Gasteiger partial charge in [-0.05, 0) is 12.1 Å². The number of hydrogen-bond acceptors (Lipinski definition) is 47. The Hall–Kier alpha value is -5.27. The lowest BCUT2D eigenvalue weighted by Crippen LogP contribution is -2.70. The van der Waals surface area contributed by atoms with E-state index in [4.69, 9.17) is 81.5 Å². The zero-order valence-electron chi connectivity index (χ0n) is 65.1. The number of amides is 5. The number of benzene rings is 1. The van der Waals surface area contributed by atoms with Crippen molar-refractivity contribution in [1.29, 1.82) is 0 Å². The van der Waals surface area contributed by atoms with Gasteiger partial charge in [0.1, 0.15) is 213 Å². The summed E-state index contributed by atoms with van der Waals surface area (Å²) in [5.41, 5.74) is 5.61. The fraction of sp³-hybridized carbons (Fsp3) is 0.841. The summed E-state index contributed by atoms with van der Waals surface area (Å²) in [6.45, 7) is -6.92. The predicted octanol–water partition coefficient (Wildman–Crippen LogP) is -19.2. The number of aliphatic hydroxyl groups is 25. The third kappa shape index (κ3) is 23.0. The summed E-state index contributed by atoms with van der Waals surface area (Å²) in [4.78, 5) is 64.1. The Morgan fingerprint density at radius 2 is 0.719 bits per heavy atom. The third-order valence-electron chi connectivity index (χ3n) is 21.5. The van der Waals surface area contributed by atoms with Crippen molar-refractivity contribution in [3.63, 3.8) is 0 Å². The fourth-order valence-electron chi connectivity index (χ4n) is 15.1. The lowest BCUT2D eigenvalue weighted by Gasteiger charge is -2.51. The molecule has 0 radical (unpaired) electrons. The van der Waals surface area contributed by atoms with E-state index in [2.05, 4.69) is 26.6 Å². The van der Waals surface area contributed by atoms with E-state index in [0.717, 1.165) is 27.7 Å². The molecular weight excluding hydrogens is 1650 g/mol. The van der Waals surface area contributed by atoms with Gasteiger partial charge in [-0.1, -0.05) is 12.1 Å². The van der Waals surface area contributed by atoms with Gasteiger partial charge >= 0.3 is 0 Å². The van der Waals surface area contributed by atoms with Gasteiger partial charge in [-0.2, -0.15) is 0 Å². The molecule has 0 aromatic heterocycles. The Kier molecular flexibility index (Phi) is 36.5. The molecular formula is C69H112N6O46. The Bertz CT molecular complexity index is 3430. The van der Waals surface area contributed by atoms with Crippen LogP contribution >= 0.6 is 0 Å². The van der Waals surface area contributed by atoms with Crippen molar-refractivity contribution in [3.8, 4) is 0 Å². The van der Waals surface area contributed by atoms with E-state index >= 15 is 0 Å². The van der Waals surface area contributed by atoms with Crippen LogP contribution in [0.4, 0.5) is 5.69 Å². The molecule has 121 heavy (non-hydrogen) atoms. The molecule has 44 atom stereocenters. The van der Waals surface area contributed by atoms with Gasteiger partial charge in [0.2, 0.25) is 23.6 Å². The molecule has 694 valence electrons. The van der Waals surface area contributed by atoms with Crippen molar-refractivity contribution in [3.05, 3.63) is 29.8 Å². The molecule has 1 aromatic rings. The van der Waals surface area contributed by atoms with Crippen LogP contribution in [-0.4, -0.2) is 493 Å². The van der Waals surface area contributed by atoms with E-state index in [9.17, 15) is 152 Å². The molecule has 8 aliphatic rings. The Balaban J connectivity index is 1.06. The van der Waals surface area contributed by atoms with Crippen molar-refractivity contribution >= 4 is 35.2 Å². The SMILES string of the molecule is CC(=O)NC(CNc1ccccc1C(N)=O)C(O)C(OC1OC(CO)C(OC2OC(COC3OC(CO)C(O)C(O)C3OC3OC(CO)C(OC4OC(CO)C(O)C(O)C4O)C(O)C3NC(C)=O)C(O)C(OC3OC(CO)C(O)C(O)C3OC3OC(CO)C(OC4OC(CO)C(O)C(O)C4O)C(O)C3NC(C)=O)C2O)C(O)C1NC(C)=O)C(O)CO. The van der Waals surface area contributed by atoms with E-state index in [1.54, 1.807) is 0 Å². The summed E-state index contributed by atoms with van der Waals surface area (Å²) >= 11 is 0. The van der Waals surface area contributed by atoms with Crippen molar-refractivity contribution in [2.24, 2.45) is 5.73 Å². The molecule has 44 unspecified atom stereocenters. The zero-order chi connectivity index (χ0) is 89.2. The summed E-state index contributed by atoms with van der Waals surface area (Å²) in [5, 5.41) is 292. The average Bonchev–Trinajstić information content (AvgIpc) is 0.769. The second kappa shape index (κ2) is 44.4.